The second-order valence-electron chi connectivity index (χ2n) is 1.97. The molecular formula is C6H11NOS2. The first kappa shape index (κ1) is 8.27. The van der Waals surface area contributed by atoms with E-state index in [1.807, 2.05) is 6.92 Å². The van der Waals surface area contributed by atoms with E-state index < -0.39 is 0 Å². The van der Waals surface area contributed by atoms with Gasteiger partial charge in [0.25, 0.3) is 0 Å². The Kier molecular flexibility index (Phi) is 3.42. The van der Waals surface area contributed by atoms with Crippen molar-refractivity contribution >= 4 is 29.4 Å². The van der Waals surface area contributed by atoms with Crippen molar-refractivity contribution in [1.29, 1.82) is 0 Å². The molecule has 0 aromatic carbocycles. The number of rotatable bonds is 2. The first-order valence-corrected chi connectivity index (χ1v) is 5.45. The van der Waals surface area contributed by atoms with E-state index in [1.54, 1.807) is 23.5 Å². The summed E-state index contributed by atoms with van der Waals surface area (Å²) in [6, 6.07) is 0. The Bertz CT molecular complexity index is 123. The average Bonchev–Trinajstić information content (AvgIpc) is 2.38. The molecule has 10 heavy (non-hydrogen) atoms. The smallest absolute Gasteiger partial charge is 0.243 e. The molecule has 1 heterocycles. The Balaban J connectivity index is 2.25. The SMILES string of the molecule is CCNC(=O)C1SCCS1. The Morgan fingerprint density at radius 1 is 1.60 bits per heavy atom. The summed E-state index contributed by atoms with van der Waals surface area (Å²) in [5.74, 6) is 2.42. The lowest BCUT2D eigenvalue weighted by Gasteiger charge is -2.05. The van der Waals surface area contributed by atoms with Gasteiger partial charge in [-0.2, -0.15) is 0 Å². The van der Waals surface area contributed by atoms with E-state index in [-0.39, 0.29) is 10.5 Å². The van der Waals surface area contributed by atoms with Crippen LogP contribution in [0.25, 0.3) is 0 Å². The van der Waals surface area contributed by atoms with Crippen LogP contribution in [-0.4, -0.2) is 28.5 Å². The van der Waals surface area contributed by atoms with Gasteiger partial charge in [0.05, 0.1) is 0 Å². The van der Waals surface area contributed by atoms with E-state index in [9.17, 15) is 4.79 Å². The zero-order chi connectivity index (χ0) is 7.40. The molecule has 58 valence electrons. The molecule has 1 rings (SSSR count). The van der Waals surface area contributed by atoms with Crippen molar-refractivity contribution in [2.45, 2.75) is 11.5 Å². The van der Waals surface area contributed by atoms with Gasteiger partial charge in [0.1, 0.15) is 4.58 Å². The lowest BCUT2D eigenvalue weighted by Crippen LogP contribution is -2.29. The second kappa shape index (κ2) is 4.13. The topological polar surface area (TPSA) is 29.1 Å². The van der Waals surface area contributed by atoms with Gasteiger partial charge in [-0.25, -0.2) is 0 Å². The van der Waals surface area contributed by atoms with Crippen molar-refractivity contribution < 1.29 is 4.79 Å². The minimum absolute atomic E-state index is 0.167. The number of amides is 1. The molecule has 1 aliphatic rings. The normalized spacial score (nSPS) is 19.3. The second-order valence-corrected chi connectivity index (χ2v) is 4.69. The third kappa shape index (κ3) is 2.09. The predicted molar refractivity (Wildman–Crippen MR) is 47.4 cm³/mol. The standard InChI is InChI=1S/C6H11NOS2/c1-2-7-5(8)6-9-3-4-10-6/h6H,2-4H2,1H3,(H,7,8). The number of thioether (sulfide) groups is 2. The third-order valence-electron chi connectivity index (χ3n) is 1.19. The minimum Gasteiger partial charge on any atom is -0.355 e. The molecule has 0 radical (unpaired) electrons. The number of nitrogens with one attached hydrogen (secondary N) is 1. The Hall–Kier alpha value is 0.170. The highest BCUT2D eigenvalue weighted by molar-refractivity contribution is 8.21. The summed E-state index contributed by atoms with van der Waals surface area (Å²) in [5.41, 5.74) is 0. The maximum atomic E-state index is 11.1. The summed E-state index contributed by atoms with van der Waals surface area (Å²) < 4.78 is 0.167. The van der Waals surface area contributed by atoms with E-state index in [0.717, 1.165) is 18.1 Å². The third-order valence-corrected chi connectivity index (χ3v) is 4.18. The van der Waals surface area contributed by atoms with Gasteiger partial charge >= 0.3 is 0 Å². The molecule has 2 nitrogen and oxygen atoms in total. The zero-order valence-electron chi connectivity index (χ0n) is 5.92. The summed E-state index contributed by atoms with van der Waals surface area (Å²) in [4.78, 5) is 11.1. The molecule has 0 aromatic rings. The van der Waals surface area contributed by atoms with Crippen molar-refractivity contribution in [3.05, 3.63) is 0 Å². The summed E-state index contributed by atoms with van der Waals surface area (Å²) in [6.07, 6.45) is 0. The molecule has 0 aliphatic carbocycles. The van der Waals surface area contributed by atoms with Crippen LogP contribution >= 0.6 is 23.5 Å². The number of hydrogen-bond acceptors (Lipinski definition) is 3. The van der Waals surface area contributed by atoms with Crippen molar-refractivity contribution in [2.24, 2.45) is 0 Å². The zero-order valence-corrected chi connectivity index (χ0v) is 7.56. The molecule has 0 bridgehead atoms. The summed E-state index contributed by atoms with van der Waals surface area (Å²) in [6.45, 7) is 2.69. The Morgan fingerprint density at radius 2 is 2.20 bits per heavy atom. The van der Waals surface area contributed by atoms with Gasteiger partial charge in [0.2, 0.25) is 5.91 Å². The average molecular weight is 177 g/mol. The molecule has 1 fully saturated rings. The van der Waals surface area contributed by atoms with Crippen LogP contribution in [0.4, 0.5) is 0 Å². The van der Waals surface area contributed by atoms with Gasteiger partial charge in [0, 0.05) is 18.1 Å². The fourth-order valence-corrected chi connectivity index (χ4v) is 3.40. The van der Waals surface area contributed by atoms with E-state index in [2.05, 4.69) is 5.32 Å². The molecule has 0 spiro atoms. The van der Waals surface area contributed by atoms with Gasteiger partial charge < -0.3 is 5.32 Å². The number of carbonyl (C=O) groups excluding carboxylic acids is 1. The Labute approximate surface area is 69.5 Å². The van der Waals surface area contributed by atoms with E-state index in [0.29, 0.717) is 0 Å². The van der Waals surface area contributed by atoms with Crippen molar-refractivity contribution in [1.82, 2.24) is 5.32 Å². The van der Waals surface area contributed by atoms with Crippen LogP contribution in [0, 0.1) is 0 Å². The molecule has 0 atom stereocenters. The predicted octanol–water partition coefficient (Wildman–Crippen LogP) is 0.929. The fourth-order valence-electron chi connectivity index (χ4n) is 0.767. The van der Waals surface area contributed by atoms with Crippen LogP contribution < -0.4 is 5.32 Å². The molecule has 0 aromatic heterocycles. The van der Waals surface area contributed by atoms with Crippen molar-refractivity contribution in [3.8, 4) is 0 Å². The molecule has 4 heteroatoms. The van der Waals surface area contributed by atoms with Gasteiger partial charge in [-0.1, -0.05) is 0 Å². The molecule has 1 aliphatic heterocycles. The van der Waals surface area contributed by atoms with Crippen molar-refractivity contribution in [2.75, 3.05) is 18.1 Å². The quantitative estimate of drug-likeness (QED) is 0.680. The highest BCUT2D eigenvalue weighted by Crippen LogP contribution is 2.31. The number of hydrogen-bond donors (Lipinski definition) is 1. The van der Waals surface area contributed by atoms with E-state index >= 15 is 0 Å². The molecular weight excluding hydrogens is 166 g/mol. The van der Waals surface area contributed by atoms with Crippen LogP contribution in [0.2, 0.25) is 0 Å². The van der Waals surface area contributed by atoms with Crippen LogP contribution in [0.15, 0.2) is 0 Å². The van der Waals surface area contributed by atoms with Gasteiger partial charge in [-0.3, -0.25) is 4.79 Å². The minimum atomic E-state index is 0.167. The van der Waals surface area contributed by atoms with Crippen LogP contribution in [0.1, 0.15) is 6.92 Å². The molecule has 1 N–H and O–H groups in total. The molecule has 0 saturated carbocycles. The van der Waals surface area contributed by atoms with E-state index in [4.69, 9.17) is 0 Å². The van der Waals surface area contributed by atoms with Gasteiger partial charge in [-0.15, -0.1) is 23.5 Å². The first-order chi connectivity index (χ1) is 4.84. The largest absolute Gasteiger partial charge is 0.355 e. The highest BCUT2D eigenvalue weighted by atomic mass is 32.2. The van der Waals surface area contributed by atoms with Crippen LogP contribution in [0.5, 0.6) is 0 Å². The summed E-state index contributed by atoms with van der Waals surface area (Å²) in [5, 5.41) is 2.81. The maximum Gasteiger partial charge on any atom is 0.243 e. The summed E-state index contributed by atoms with van der Waals surface area (Å²) in [7, 11) is 0. The van der Waals surface area contributed by atoms with Crippen LogP contribution in [0.3, 0.4) is 0 Å². The molecule has 0 unspecified atom stereocenters. The van der Waals surface area contributed by atoms with Crippen molar-refractivity contribution in [3.63, 3.8) is 0 Å². The molecule has 1 saturated heterocycles. The first-order valence-electron chi connectivity index (χ1n) is 3.35. The monoisotopic (exact) mass is 177 g/mol. The fraction of sp³-hybridized carbons (Fsp3) is 0.833. The van der Waals surface area contributed by atoms with Gasteiger partial charge in [0.15, 0.2) is 0 Å². The lowest BCUT2D eigenvalue weighted by atomic mass is 10.6. The molecule has 1 amide bonds. The van der Waals surface area contributed by atoms with Crippen LogP contribution in [-0.2, 0) is 4.79 Å². The lowest BCUT2D eigenvalue weighted by molar-refractivity contribution is -0.119. The van der Waals surface area contributed by atoms with Gasteiger partial charge in [-0.05, 0) is 6.92 Å². The van der Waals surface area contributed by atoms with E-state index in [1.165, 1.54) is 0 Å². The Morgan fingerprint density at radius 3 is 2.70 bits per heavy atom. The highest BCUT2D eigenvalue weighted by Gasteiger charge is 2.22. The number of carbonyl (C=O) groups is 1. The maximum absolute atomic E-state index is 11.1. The summed E-state index contributed by atoms with van der Waals surface area (Å²) >= 11 is 3.48.